The molecular formula is C11H11N3O2S. The van der Waals surface area contributed by atoms with Crippen LogP contribution in [0, 0.1) is 6.92 Å². The first kappa shape index (κ1) is 11.5. The van der Waals surface area contributed by atoms with Crippen molar-refractivity contribution in [1.29, 1.82) is 0 Å². The maximum Gasteiger partial charge on any atom is 0.356 e. The standard InChI is InChI=1S/C11H11N3O2S/c1-7-5-17-6-8(7)2-13-10-4-12-3-9(14-10)11(15)16/h3-6H,2H2,1H3,(H,13,14)(H,15,16). The Morgan fingerprint density at radius 1 is 1.47 bits per heavy atom. The van der Waals surface area contributed by atoms with Gasteiger partial charge in [-0.2, -0.15) is 11.3 Å². The summed E-state index contributed by atoms with van der Waals surface area (Å²) >= 11 is 1.64. The lowest BCUT2D eigenvalue weighted by molar-refractivity contribution is 0.0690. The van der Waals surface area contributed by atoms with Crippen LogP contribution in [0.4, 0.5) is 5.82 Å². The summed E-state index contributed by atoms with van der Waals surface area (Å²) in [6.07, 6.45) is 2.73. The molecular weight excluding hydrogens is 238 g/mol. The number of hydrogen-bond acceptors (Lipinski definition) is 5. The van der Waals surface area contributed by atoms with Crippen molar-refractivity contribution < 1.29 is 9.90 Å². The fourth-order valence-electron chi connectivity index (χ4n) is 1.31. The minimum Gasteiger partial charge on any atom is -0.476 e. The Bertz CT molecular complexity index is 539. The number of carboxylic acid groups (broad SMARTS) is 1. The molecule has 0 amide bonds. The number of aryl methyl sites for hydroxylation is 1. The molecule has 2 rings (SSSR count). The molecule has 2 N–H and O–H groups in total. The number of aromatic nitrogens is 2. The summed E-state index contributed by atoms with van der Waals surface area (Å²) in [4.78, 5) is 18.5. The molecule has 0 atom stereocenters. The van der Waals surface area contributed by atoms with Crippen LogP contribution in [0.3, 0.4) is 0 Å². The van der Waals surface area contributed by atoms with E-state index >= 15 is 0 Å². The fraction of sp³-hybridized carbons (Fsp3) is 0.182. The van der Waals surface area contributed by atoms with Crippen molar-refractivity contribution in [1.82, 2.24) is 9.97 Å². The summed E-state index contributed by atoms with van der Waals surface area (Å²) in [6, 6.07) is 0. The van der Waals surface area contributed by atoms with E-state index in [0.717, 1.165) is 0 Å². The van der Waals surface area contributed by atoms with E-state index in [9.17, 15) is 4.79 Å². The average molecular weight is 249 g/mol. The van der Waals surface area contributed by atoms with E-state index in [1.807, 2.05) is 6.92 Å². The van der Waals surface area contributed by atoms with Gasteiger partial charge in [-0.1, -0.05) is 0 Å². The van der Waals surface area contributed by atoms with Gasteiger partial charge in [0, 0.05) is 6.54 Å². The molecule has 2 aromatic rings. The van der Waals surface area contributed by atoms with Crippen LogP contribution in [0.15, 0.2) is 23.2 Å². The lowest BCUT2D eigenvalue weighted by atomic mass is 10.2. The van der Waals surface area contributed by atoms with Crippen LogP contribution in [-0.4, -0.2) is 21.0 Å². The van der Waals surface area contributed by atoms with E-state index in [1.54, 1.807) is 11.3 Å². The molecule has 0 aromatic carbocycles. The van der Waals surface area contributed by atoms with Crippen LogP contribution in [0.25, 0.3) is 0 Å². The maximum atomic E-state index is 10.7. The van der Waals surface area contributed by atoms with Crippen LogP contribution >= 0.6 is 11.3 Å². The number of hydrogen-bond donors (Lipinski definition) is 2. The number of thiophene rings is 1. The number of nitrogens with zero attached hydrogens (tertiary/aromatic N) is 2. The molecule has 5 nitrogen and oxygen atoms in total. The highest BCUT2D eigenvalue weighted by Crippen LogP contribution is 2.15. The third-order valence-corrected chi connectivity index (χ3v) is 3.19. The summed E-state index contributed by atoms with van der Waals surface area (Å²) in [5.74, 6) is -0.608. The van der Waals surface area contributed by atoms with Crippen molar-refractivity contribution in [3.63, 3.8) is 0 Å². The van der Waals surface area contributed by atoms with Crippen LogP contribution in [0.1, 0.15) is 21.6 Å². The molecule has 0 bridgehead atoms. The Kier molecular flexibility index (Phi) is 3.34. The van der Waals surface area contributed by atoms with Gasteiger partial charge in [0.1, 0.15) is 5.82 Å². The molecule has 88 valence electrons. The van der Waals surface area contributed by atoms with Crippen molar-refractivity contribution in [3.8, 4) is 0 Å². The Morgan fingerprint density at radius 3 is 2.94 bits per heavy atom. The zero-order chi connectivity index (χ0) is 12.3. The lowest BCUT2D eigenvalue weighted by Gasteiger charge is -2.05. The second-order valence-electron chi connectivity index (χ2n) is 3.53. The van der Waals surface area contributed by atoms with E-state index in [1.165, 1.54) is 23.5 Å². The van der Waals surface area contributed by atoms with E-state index in [0.29, 0.717) is 12.4 Å². The zero-order valence-corrected chi connectivity index (χ0v) is 9.99. The first-order valence-electron chi connectivity index (χ1n) is 4.97. The highest BCUT2D eigenvalue weighted by Gasteiger charge is 2.06. The van der Waals surface area contributed by atoms with Crippen molar-refractivity contribution in [2.75, 3.05) is 5.32 Å². The fourth-order valence-corrected chi connectivity index (χ4v) is 2.16. The maximum absolute atomic E-state index is 10.7. The normalized spacial score (nSPS) is 10.2. The first-order chi connectivity index (χ1) is 8.16. The van der Waals surface area contributed by atoms with Crippen LogP contribution < -0.4 is 5.32 Å². The SMILES string of the molecule is Cc1cscc1CNc1cncc(C(=O)O)n1. The number of aromatic carboxylic acids is 1. The van der Waals surface area contributed by atoms with Crippen LogP contribution in [0.5, 0.6) is 0 Å². The highest BCUT2D eigenvalue weighted by molar-refractivity contribution is 7.08. The molecule has 2 aromatic heterocycles. The minimum absolute atomic E-state index is 0.0583. The molecule has 0 fully saturated rings. The van der Waals surface area contributed by atoms with E-state index in [2.05, 4.69) is 26.0 Å². The predicted molar refractivity (Wildman–Crippen MR) is 65.4 cm³/mol. The molecule has 0 radical (unpaired) electrons. The molecule has 0 spiro atoms. The molecule has 0 aliphatic heterocycles. The summed E-state index contributed by atoms with van der Waals surface area (Å²) in [7, 11) is 0. The lowest BCUT2D eigenvalue weighted by Crippen LogP contribution is -2.06. The summed E-state index contributed by atoms with van der Waals surface area (Å²) in [6.45, 7) is 2.65. The van der Waals surface area contributed by atoms with Crippen LogP contribution in [-0.2, 0) is 6.54 Å². The van der Waals surface area contributed by atoms with Gasteiger partial charge in [-0.25, -0.2) is 9.78 Å². The Hall–Kier alpha value is -1.95. The molecule has 0 saturated heterocycles. The van der Waals surface area contributed by atoms with Gasteiger partial charge in [0.15, 0.2) is 5.69 Å². The number of anilines is 1. The van der Waals surface area contributed by atoms with E-state index < -0.39 is 5.97 Å². The van der Waals surface area contributed by atoms with Crippen LogP contribution in [0.2, 0.25) is 0 Å². The predicted octanol–water partition coefficient (Wildman–Crippen LogP) is 2.16. The van der Waals surface area contributed by atoms with Gasteiger partial charge in [0.2, 0.25) is 0 Å². The van der Waals surface area contributed by atoms with Crippen molar-refractivity contribution >= 4 is 23.1 Å². The molecule has 6 heteroatoms. The number of nitrogens with one attached hydrogen (secondary N) is 1. The van der Waals surface area contributed by atoms with E-state index in [-0.39, 0.29) is 5.69 Å². The topological polar surface area (TPSA) is 75.1 Å². The third-order valence-electron chi connectivity index (χ3n) is 2.28. The average Bonchev–Trinajstić information content (AvgIpc) is 2.72. The van der Waals surface area contributed by atoms with Gasteiger partial charge in [-0.3, -0.25) is 4.98 Å². The number of rotatable bonds is 4. The highest BCUT2D eigenvalue weighted by atomic mass is 32.1. The van der Waals surface area contributed by atoms with Gasteiger partial charge < -0.3 is 10.4 Å². The molecule has 0 aliphatic carbocycles. The van der Waals surface area contributed by atoms with E-state index in [4.69, 9.17) is 5.11 Å². The van der Waals surface area contributed by atoms with Crippen molar-refractivity contribution in [2.24, 2.45) is 0 Å². The smallest absolute Gasteiger partial charge is 0.356 e. The molecule has 17 heavy (non-hydrogen) atoms. The number of carboxylic acids is 1. The quantitative estimate of drug-likeness (QED) is 0.868. The largest absolute Gasteiger partial charge is 0.476 e. The second kappa shape index (κ2) is 4.92. The van der Waals surface area contributed by atoms with Crippen molar-refractivity contribution in [2.45, 2.75) is 13.5 Å². The Balaban J connectivity index is 2.07. The molecule has 0 aliphatic rings. The first-order valence-corrected chi connectivity index (χ1v) is 5.92. The van der Waals surface area contributed by atoms with Gasteiger partial charge in [-0.05, 0) is 28.8 Å². The van der Waals surface area contributed by atoms with Gasteiger partial charge in [0.25, 0.3) is 0 Å². The van der Waals surface area contributed by atoms with Gasteiger partial charge in [0.05, 0.1) is 12.4 Å². The number of carbonyl (C=O) groups is 1. The molecule has 0 saturated carbocycles. The Labute approximate surface area is 102 Å². The van der Waals surface area contributed by atoms with Gasteiger partial charge >= 0.3 is 5.97 Å². The second-order valence-corrected chi connectivity index (χ2v) is 4.27. The third kappa shape index (κ3) is 2.79. The zero-order valence-electron chi connectivity index (χ0n) is 9.17. The van der Waals surface area contributed by atoms with Crippen molar-refractivity contribution in [3.05, 3.63) is 40.0 Å². The van der Waals surface area contributed by atoms with Gasteiger partial charge in [-0.15, -0.1) is 0 Å². The Morgan fingerprint density at radius 2 is 2.29 bits per heavy atom. The molecule has 2 heterocycles. The summed E-state index contributed by atoms with van der Waals surface area (Å²) in [5, 5.41) is 15.9. The monoisotopic (exact) mass is 249 g/mol. The minimum atomic E-state index is -1.08. The summed E-state index contributed by atoms with van der Waals surface area (Å²) in [5.41, 5.74) is 2.33. The molecule has 0 unspecified atom stereocenters. The summed E-state index contributed by atoms with van der Waals surface area (Å²) < 4.78 is 0.